The molecule has 22 heavy (non-hydrogen) atoms. The van der Waals surface area contributed by atoms with Crippen LogP contribution < -0.4 is 0 Å². The van der Waals surface area contributed by atoms with E-state index in [4.69, 9.17) is 0 Å². The van der Waals surface area contributed by atoms with Crippen LogP contribution >= 0.6 is 0 Å². The maximum Gasteiger partial charge on any atom is 0.255 e. The van der Waals surface area contributed by atoms with Gasteiger partial charge in [-0.15, -0.1) is 0 Å². The van der Waals surface area contributed by atoms with Crippen LogP contribution in [0.4, 0.5) is 0 Å². The summed E-state index contributed by atoms with van der Waals surface area (Å²) in [4.78, 5) is 21.1. The highest BCUT2D eigenvalue weighted by molar-refractivity contribution is 5.94. The molecule has 1 aromatic heterocycles. The Kier molecular flexibility index (Phi) is 4.20. The smallest absolute Gasteiger partial charge is 0.255 e. The van der Waals surface area contributed by atoms with Gasteiger partial charge >= 0.3 is 0 Å². The topological polar surface area (TPSA) is 36.4 Å². The van der Waals surface area contributed by atoms with E-state index >= 15 is 0 Å². The minimum absolute atomic E-state index is 0.0709. The second kappa shape index (κ2) is 6.28. The molecule has 0 spiro atoms. The summed E-state index contributed by atoms with van der Waals surface area (Å²) in [6.45, 7) is 4.28. The van der Waals surface area contributed by atoms with Crippen molar-refractivity contribution in [3.63, 3.8) is 0 Å². The number of likely N-dealkylation sites (N-methyl/N-ethyl adjacent to an activating group) is 1. The molecule has 1 saturated heterocycles. The van der Waals surface area contributed by atoms with E-state index < -0.39 is 0 Å². The van der Waals surface area contributed by atoms with E-state index in [0.29, 0.717) is 12.1 Å². The first-order valence-electron chi connectivity index (χ1n) is 7.62. The molecule has 0 aliphatic carbocycles. The number of amides is 1. The predicted octanol–water partition coefficient (Wildman–Crippen LogP) is 2.52. The monoisotopic (exact) mass is 295 g/mol. The third-order valence-electron chi connectivity index (χ3n) is 4.28. The summed E-state index contributed by atoms with van der Waals surface area (Å²) >= 11 is 0. The number of pyridine rings is 1. The van der Waals surface area contributed by atoms with Crippen molar-refractivity contribution < 1.29 is 4.79 Å². The van der Waals surface area contributed by atoms with Gasteiger partial charge < -0.3 is 4.90 Å². The summed E-state index contributed by atoms with van der Waals surface area (Å²) in [5, 5.41) is 0. The van der Waals surface area contributed by atoms with Crippen LogP contribution in [-0.2, 0) is 0 Å². The van der Waals surface area contributed by atoms with Gasteiger partial charge in [-0.25, -0.2) is 0 Å². The standard InChI is InChI=1S/C18H21N3O/c1-14-8-9-16(12-19-14)18(22)21-11-10-20(2)17(13-21)15-6-4-3-5-7-15/h3-9,12,17H,10-11,13H2,1-2H3/t17-/m1/s1. The number of aryl methyl sites for hydroxylation is 1. The third-order valence-corrected chi connectivity index (χ3v) is 4.28. The fourth-order valence-corrected chi connectivity index (χ4v) is 2.87. The number of hydrogen-bond donors (Lipinski definition) is 0. The van der Waals surface area contributed by atoms with Gasteiger partial charge in [-0.05, 0) is 31.7 Å². The molecule has 1 aromatic carbocycles. The molecule has 1 fully saturated rings. The Labute approximate surface area is 131 Å². The van der Waals surface area contributed by atoms with Crippen molar-refractivity contribution in [2.45, 2.75) is 13.0 Å². The van der Waals surface area contributed by atoms with Crippen LogP contribution in [0, 0.1) is 6.92 Å². The lowest BCUT2D eigenvalue weighted by molar-refractivity contribution is 0.0546. The molecular weight excluding hydrogens is 274 g/mol. The molecule has 114 valence electrons. The van der Waals surface area contributed by atoms with E-state index in [0.717, 1.165) is 18.8 Å². The van der Waals surface area contributed by atoms with Gasteiger partial charge in [-0.1, -0.05) is 30.3 Å². The zero-order valence-corrected chi connectivity index (χ0v) is 13.1. The first kappa shape index (κ1) is 14.7. The maximum absolute atomic E-state index is 12.7. The number of piperazine rings is 1. The van der Waals surface area contributed by atoms with Gasteiger partial charge in [0, 0.05) is 31.5 Å². The number of hydrogen-bond acceptors (Lipinski definition) is 3. The van der Waals surface area contributed by atoms with Crippen molar-refractivity contribution >= 4 is 5.91 Å². The Hall–Kier alpha value is -2.20. The minimum atomic E-state index is 0.0709. The van der Waals surface area contributed by atoms with Crippen molar-refractivity contribution in [3.8, 4) is 0 Å². The SMILES string of the molecule is Cc1ccc(C(=O)N2CCN(C)[C@@H](c3ccccc3)C2)cn1. The minimum Gasteiger partial charge on any atom is -0.335 e. The number of carbonyl (C=O) groups excluding carboxylic acids is 1. The maximum atomic E-state index is 12.7. The Morgan fingerprint density at radius 1 is 1.14 bits per heavy atom. The summed E-state index contributed by atoms with van der Waals surface area (Å²) in [5.74, 6) is 0.0709. The first-order valence-corrected chi connectivity index (χ1v) is 7.62. The van der Waals surface area contributed by atoms with E-state index in [-0.39, 0.29) is 11.9 Å². The zero-order valence-electron chi connectivity index (χ0n) is 13.1. The lowest BCUT2D eigenvalue weighted by Crippen LogP contribution is -2.49. The molecule has 4 heteroatoms. The average molecular weight is 295 g/mol. The molecule has 4 nitrogen and oxygen atoms in total. The molecule has 2 heterocycles. The molecule has 0 radical (unpaired) electrons. The molecule has 1 atom stereocenters. The zero-order chi connectivity index (χ0) is 15.5. The molecule has 1 aliphatic heterocycles. The second-order valence-electron chi connectivity index (χ2n) is 5.85. The summed E-state index contributed by atoms with van der Waals surface area (Å²) in [5.41, 5.74) is 2.85. The number of aromatic nitrogens is 1. The summed E-state index contributed by atoms with van der Waals surface area (Å²) in [7, 11) is 2.12. The van der Waals surface area contributed by atoms with Crippen LogP contribution in [0.3, 0.4) is 0 Å². The Morgan fingerprint density at radius 3 is 2.59 bits per heavy atom. The van der Waals surface area contributed by atoms with Gasteiger partial charge in [0.05, 0.1) is 11.6 Å². The fourth-order valence-electron chi connectivity index (χ4n) is 2.87. The predicted molar refractivity (Wildman–Crippen MR) is 86.7 cm³/mol. The number of carbonyl (C=O) groups is 1. The fraction of sp³-hybridized carbons (Fsp3) is 0.333. The van der Waals surface area contributed by atoms with Gasteiger partial charge in [0.2, 0.25) is 0 Å². The molecular formula is C18H21N3O. The Bertz CT molecular complexity index is 639. The van der Waals surface area contributed by atoms with Crippen LogP contribution in [0.5, 0.6) is 0 Å². The van der Waals surface area contributed by atoms with E-state index in [1.54, 1.807) is 6.20 Å². The average Bonchev–Trinajstić information content (AvgIpc) is 2.56. The van der Waals surface area contributed by atoms with Crippen LogP contribution in [0.1, 0.15) is 27.7 Å². The normalized spacial score (nSPS) is 19.2. The highest BCUT2D eigenvalue weighted by Crippen LogP contribution is 2.24. The van der Waals surface area contributed by atoms with Crippen molar-refractivity contribution in [1.29, 1.82) is 0 Å². The summed E-state index contributed by atoms with van der Waals surface area (Å²) in [6.07, 6.45) is 1.67. The van der Waals surface area contributed by atoms with Gasteiger partial charge in [-0.2, -0.15) is 0 Å². The summed E-state index contributed by atoms with van der Waals surface area (Å²) < 4.78 is 0. The molecule has 1 aliphatic rings. The molecule has 0 bridgehead atoms. The molecule has 0 unspecified atom stereocenters. The number of benzene rings is 1. The number of rotatable bonds is 2. The van der Waals surface area contributed by atoms with Gasteiger partial charge in [-0.3, -0.25) is 14.7 Å². The van der Waals surface area contributed by atoms with Crippen LogP contribution in [0.25, 0.3) is 0 Å². The second-order valence-corrected chi connectivity index (χ2v) is 5.85. The largest absolute Gasteiger partial charge is 0.335 e. The van der Waals surface area contributed by atoms with Crippen LogP contribution in [0.2, 0.25) is 0 Å². The van der Waals surface area contributed by atoms with Crippen LogP contribution in [0.15, 0.2) is 48.7 Å². The summed E-state index contributed by atoms with van der Waals surface area (Å²) in [6, 6.07) is 14.4. The van der Waals surface area contributed by atoms with Gasteiger partial charge in [0.15, 0.2) is 0 Å². The molecule has 0 saturated carbocycles. The molecule has 1 amide bonds. The van der Waals surface area contributed by atoms with Crippen molar-refractivity contribution in [2.75, 3.05) is 26.7 Å². The van der Waals surface area contributed by atoms with E-state index in [1.165, 1.54) is 5.56 Å². The van der Waals surface area contributed by atoms with Crippen molar-refractivity contribution in [1.82, 2.24) is 14.8 Å². The van der Waals surface area contributed by atoms with Crippen molar-refractivity contribution in [2.24, 2.45) is 0 Å². The Balaban J connectivity index is 1.78. The van der Waals surface area contributed by atoms with Crippen molar-refractivity contribution in [3.05, 3.63) is 65.5 Å². The molecule has 0 N–H and O–H groups in total. The van der Waals surface area contributed by atoms with Crippen LogP contribution in [-0.4, -0.2) is 47.4 Å². The van der Waals surface area contributed by atoms with E-state index in [9.17, 15) is 4.79 Å². The van der Waals surface area contributed by atoms with E-state index in [2.05, 4.69) is 29.1 Å². The van der Waals surface area contributed by atoms with Gasteiger partial charge in [0.25, 0.3) is 5.91 Å². The highest BCUT2D eigenvalue weighted by Gasteiger charge is 2.28. The first-order chi connectivity index (χ1) is 10.6. The van der Waals surface area contributed by atoms with E-state index in [1.807, 2.05) is 42.2 Å². The quantitative estimate of drug-likeness (QED) is 0.854. The van der Waals surface area contributed by atoms with Gasteiger partial charge in [0.1, 0.15) is 0 Å². The highest BCUT2D eigenvalue weighted by atomic mass is 16.2. The lowest BCUT2D eigenvalue weighted by atomic mass is 10.0. The molecule has 3 rings (SSSR count). The molecule has 2 aromatic rings. The Morgan fingerprint density at radius 2 is 1.91 bits per heavy atom. The number of nitrogens with zero attached hydrogens (tertiary/aromatic N) is 3. The lowest BCUT2D eigenvalue weighted by Gasteiger charge is -2.39. The third kappa shape index (κ3) is 3.02.